The summed E-state index contributed by atoms with van der Waals surface area (Å²) in [5, 5.41) is 0. The van der Waals surface area contributed by atoms with E-state index in [0.29, 0.717) is 25.7 Å². The van der Waals surface area contributed by atoms with Crippen LogP contribution >= 0.6 is 7.37 Å². The molecule has 1 rings (SSSR count). The Balaban J connectivity index is 3.03. The second-order valence-corrected chi connectivity index (χ2v) is 9.41. The molecule has 0 spiro atoms. The Bertz CT molecular complexity index is 399. The topological polar surface area (TPSA) is 63.7 Å². The van der Waals surface area contributed by atoms with E-state index < -0.39 is 23.2 Å². The van der Waals surface area contributed by atoms with Gasteiger partial charge in [-0.25, -0.2) is 8.42 Å². The molecule has 0 aliphatic carbocycles. The molecule has 2 unspecified atom stereocenters. The van der Waals surface area contributed by atoms with Crippen molar-refractivity contribution in [1.29, 1.82) is 0 Å². The van der Waals surface area contributed by atoms with Gasteiger partial charge in [0.1, 0.15) is 5.78 Å². The van der Waals surface area contributed by atoms with Gasteiger partial charge >= 0.3 is 0 Å². The first-order valence-electron chi connectivity index (χ1n) is 6.55. The summed E-state index contributed by atoms with van der Waals surface area (Å²) in [7, 11) is -6.21. The number of hydrogen-bond donors (Lipinski definition) is 0. The average Bonchev–Trinajstić information content (AvgIpc) is 2.28. The fourth-order valence-corrected chi connectivity index (χ4v) is 7.19. The number of nitrogens with zero attached hydrogens (tertiary/aromatic N) is 1. The fraction of sp³-hybridized carbons (Fsp3) is 1.00. The average molecular weight is 297 g/mol. The summed E-state index contributed by atoms with van der Waals surface area (Å²) in [5.74, 6) is -0.457. The van der Waals surface area contributed by atoms with Crippen LogP contribution in [-0.2, 0) is 19.1 Å². The molecule has 0 saturated carbocycles. The summed E-state index contributed by atoms with van der Waals surface area (Å²) in [6.07, 6.45) is 4.78. The minimum Gasteiger partial charge on any atom is -0.328 e. The van der Waals surface area contributed by atoms with Gasteiger partial charge in [0.05, 0.1) is 12.9 Å². The van der Waals surface area contributed by atoms with E-state index in [1.807, 2.05) is 6.92 Å². The van der Waals surface area contributed by atoms with E-state index in [2.05, 4.69) is 0 Å². The second kappa shape index (κ2) is 6.51. The largest absolute Gasteiger partial charge is 0.328 e. The van der Waals surface area contributed by atoms with Crippen molar-refractivity contribution in [2.75, 3.05) is 25.6 Å². The number of sulfonamides is 1. The van der Waals surface area contributed by atoms with Gasteiger partial charge in [-0.15, -0.1) is 0 Å². The molecule has 7 heteroatoms. The summed E-state index contributed by atoms with van der Waals surface area (Å²) >= 11 is 0. The maximum Gasteiger partial charge on any atom is 0.220 e. The fourth-order valence-electron chi connectivity index (χ4n) is 2.50. The molecule has 0 aromatic heterocycles. The van der Waals surface area contributed by atoms with Crippen LogP contribution in [-0.4, -0.2) is 44.1 Å². The van der Waals surface area contributed by atoms with Crippen molar-refractivity contribution in [2.24, 2.45) is 0 Å². The molecule has 0 N–H and O–H groups in total. The molecule has 18 heavy (non-hydrogen) atoms. The Morgan fingerprint density at radius 2 is 2.00 bits per heavy atom. The first kappa shape index (κ1) is 16.2. The van der Waals surface area contributed by atoms with Gasteiger partial charge in [-0.3, -0.25) is 4.57 Å². The van der Waals surface area contributed by atoms with E-state index in [1.54, 1.807) is 6.92 Å². The van der Waals surface area contributed by atoms with Gasteiger partial charge in [0.15, 0.2) is 0 Å². The smallest absolute Gasteiger partial charge is 0.220 e. The van der Waals surface area contributed by atoms with Crippen LogP contribution in [0.4, 0.5) is 0 Å². The van der Waals surface area contributed by atoms with Gasteiger partial charge in [-0.1, -0.05) is 6.92 Å². The van der Waals surface area contributed by atoms with Crippen LogP contribution in [0.1, 0.15) is 39.5 Å². The summed E-state index contributed by atoms with van der Waals surface area (Å²) in [6.45, 7) is 4.57. The zero-order valence-corrected chi connectivity index (χ0v) is 13.2. The minimum absolute atomic E-state index is 0.366. The lowest BCUT2D eigenvalue weighted by Gasteiger charge is -2.38. The molecule has 2 atom stereocenters. The molecule has 0 amide bonds. The lowest BCUT2D eigenvalue weighted by molar-refractivity contribution is 0.260. The normalized spacial score (nSPS) is 25.8. The molecule has 1 aliphatic rings. The molecular weight excluding hydrogens is 273 g/mol. The number of piperidine rings is 1. The minimum atomic E-state index is -3.31. The standard InChI is InChI=1S/C11H24NO4PS/c1-4-10-17(13,16-5-2)11-8-6-7-9-12(11)18(3,14)15/h11H,4-10H2,1-3H3. The van der Waals surface area contributed by atoms with Crippen molar-refractivity contribution in [3.63, 3.8) is 0 Å². The van der Waals surface area contributed by atoms with Crippen molar-refractivity contribution < 1.29 is 17.5 Å². The van der Waals surface area contributed by atoms with E-state index in [0.717, 1.165) is 19.3 Å². The van der Waals surface area contributed by atoms with Gasteiger partial charge in [0.25, 0.3) is 0 Å². The Hall–Kier alpha value is 0.1000. The van der Waals surface area contributed by atoms with Gasteiger partial charge in [-0.2, -0.15) is 4.31 Å². The van der Waals surface area contributed by atoms with Crippen molar-refractivity contribution >= 4 is 17.4 Å². The molecule has 1 heterocycles. The van der Waals surface area contributed by atoms with Crippen molar-refractivity contribution in [3.05, 3.63) is 0 Å². The van der Waals surface area contributed by atoms with E-state index >= 15 is 0 Å². The van der Waals surface area contributed by atoms with E-state index in [1.165, 1.54) is 10.6 Å². The molecule has 5 nitrogen and oxygen atoms in total. The molecule has 108 valence electrons. The first-order chi connectivity index (χ1) is 8.35. The van der Waals surface area contributed by atoms with Crippen LogP contribution in [0.15, 0.2) is 0 Å². The predicted octanol–water partition coefficient (Wildman–Crippen LogP) is 2.48. The summed E-state index contributed by atoms with van der Waals surface area (Å²) < 4.78 is 43.4. The van der Waals surface area contributed by atoms with Crippen molar-refractivity contribution in [2.45, 2.75) is 45.3 Å². The van der Waals surface area contributed by atoms with Crippen molar-refractivity contribution in [3.8, 4) is 0 Å². The van der Waals surface area contributed by atoms with E-state index in [4.69, 9.17) is 4.52 Å². The zero-order valence-electron chi connectivity index (χ0n) is 11.5. The SMILES string of the molecule is CCCP(=O)(OCC)C1CCCCN1S(C)(=O)=O. The summed E-state index contributed by atoms with van der Waals surface area (Å²) in [6, 6.07) is 0. The third kappa shape index (κ3) is 3.80. The van der Waals surface area contributed by atoms with Gasteiger partial charge < -0.3 is 4.52 Å². The van der Waals surface area contributed by atoms with Crippen molar-refractivity contribution in [1.82, 2.24) is 4.31 Å². The van der Waals surface area contributed by atoms with Crippen LogP contribution in [0.25, 0.3) is 0 Å². The van der Waals surface area contributed by atoms with E-state index in [9.17, 15) is 13.0 Å². The van der Waals surface area contributed by atoms with Crippen LogP contribution in [0, 0.1) is 0 Å². The molecular formula is C11H24NO4PS. The second-order valence-electron chi connectivity index (χ2n) is 4.72. The molecule has 1 aliphatic heterocycles. The summed E-state index contributed by atoms with van der Waals surface area (Å²) in [4.78, 5) is 0. The zero-order chi connectivity index (χ0) is 13.8. The maximum absolute atomic E-state index is 12.9. The monoisotopic (exact) mass is 297 g/mol. The number of rotatable bonds is 6. The third-order valence-corrected chi connectivity index (χ3v) is 7.84. The Morgan fingerprint density at radius 1 is 1.33 bits per heavy atom. The quantitative estimate of drug-likeness (QED) is 0.707. The Morgan fingerprint density at radius 3 is 2.50 bits per heavy atom. The molecule has 1 saturated heterocycles. The highest BCUT2D eigenvalue weighted by Crippen LogP contribution is 2.56. The van der Waals surface area contributed by atoms with Crippen LogP contribution in [0.3, 0.4) is 0 Å². The van der Waals surface area contributed by atoms with Gasteiger partial charge in [-0.05, 0) is 32.6 Å². The van der Waals surface area contributed by atoms with Crippen LogP contribution in [0.2, 0.25) is 0 Å². The highest BCUT2D eigenvalue weighted by atomic mass is 32.2. The number of hydrogen-bond acceptors (Lipinski definition) is 4. The highest BCUT2D eigenvalue weighted by molar-refractivity contribution is 7.88. The van der Waals surface area contributed by atoms with E-state index in [-0.39, 0.29) is 0 Å². The molecule has 0 aromatic carbocycles. The summed E-state index contributed by atoms with van der Waals surface area (Å²) in [5.41, 5.74) is 0. The lowest BCUT2D eigenvalue weighted by atomic mass is 10.2. The molecule has 0 bridgehead atoms. The first-order valence-corrected chi connectivity index (χ1v) is 10.3. The molecule has 0 radical (unpaired) electrons. The predicted molar refractivity (Wildman–Crippen MR) is 73.6 cm³/mol. The van der Waals surface area contributed by atoms with Crippen LogP contribution < -0.4 is 0 Å². The van der Waals surface area contributed by atoms with Gasteiger partial charge in [0.2, 0.25) is 17.4 Å². The Kier molecular flexibility index (Phi) is 5.84. The van der Waals surface area contributed by atoms with Gasteiger partial charge in [0, 0.05) is 12.7 Å². The highest BCUT2D eigenvalue weighted by Gasteiger charge is 2.42. The molecule has 0 aromatic rings. The molecule has 1 fully saturated rings. The maximum atomic E-state index is 12.9. The van der Waals surface area contributed by atoms with Crippen LogP contribution in [0.5, 0.6) is 0 Å². The third-order valence-electron chi connectivity index (χ3n) is 3.19. The Labute approximate surface area is 110 Å². The lowest BCUT2D eigenvalue weighted by Crippen LogP contribution is -2.43.